The lowest BCUT2D eigenvalue weighted by Crippen LogP contribution is -2.48. The van der Waals surface area contributed by atoms with E-state index < -0.39 is 23.4 Å². The van der Waals surface area contributed by atoms with E-state index in [0.717, 1.165) is 11.1 Å². The number of hydrogen-bond acceptors (Lipinski definition) is 4. The smallest absolute Gasteiger partial charge is 0.180 e. The van der Waals surface area contributed by atoms with Gasteiger partial charge in [0, 0.05) is 28.3 Å². The molecule has 2 heterocycles. The molecule has 5 heteroatoms. The summed E-state index contributed by atoms with van der Waals surface area (Å²) >= 11 is 0. The average Bonchev–Trinajstić information content (AvgIpc) is 3.26. The molecular formula is C29H22FNO3. The average molecular weight is 451 g/mol. The number of anilines is 1. The van der Waals surface area contributed by atoms with Gasteiger partial charge in [0.15, 0.2) is 17.3 Å². The Balaban J connectivity index is 1.68. The molecule has 1 aliphatic carbocycles. The third-order valence-electron chi connectivity index (χ3n) is 7.62. The van der Waals surface area contributed by atoms with Crippen molar-refractivity contribution in [2.75, 3.05) is 4.90 Å². The van der Waals surface area contributed by atoms with E-state index in [0.29, 0.717) is 22.4 Å². The molecule has 0 aromatic heterocycles. The zero-order valence-electron chi connectivity index (χ0n) is 18.8. The summed E-state index contributed by atoms with van der Waals surface area (Å²) in [6, 6.07) is 17.6. The lowest BCUT2D eigenvalue weighted by atomic mass is 9.64. The van der Waals surface area contributed by atoms with Crippen LogP contribution in [0.25, 0.3) is 6.08 Å². The lowest BCUT2D eigenvalue weighted by molar-refractivity contribution is -0.118. The molecular weight excluding hydrogens is 429 g/mol. The number of Topliss-reactive ketones (excluding diaryl/α,β-unsaturated/α-hetero) is 3. The number of nitrogens with zero attached hydrogens (tertiary/aromatic N) is 1. The van der Waals surface area contributed by atoms with Crippen molar-refractivity contribution in [2.24, 2.45) is 5.41 Å². The van der Waals surface area contributed by atoms with Crippen LogP contribution in [0, 0.1) is 18.2 Å². The molecule has 168 valence electrons. The largest absolute Gasteiger partial charge is 0.352 e. The molecule has 1 fully saturated rings. The molecule has 0 radical (unpaired) electrons. The maximum Gasteiger partial charge on any atom is 0.180 e. The minimum Gasteiger partial charge on any atom is -0.352 e. The van der Waals surface area contributed by atoms with Gasteiger partial charge >= 0.3 is 0 Å². The Labute approximate surface area is 196 Å². The van der Waals surface area contributed by atoms with Gasteiger partial charge in [-0.05, 0) is 37.6 Å². The number of fused-ring (bicyclic) bond motifs is 5. The summed E-state index contributed by atoms with van der Waals surface area (Å²) in [5, 5.41) is 0. The van der Waals surface area contributed by atoms with Gasteiger partial charge in [-0.3, -0.25) is 14.4 Å². The Bertz CT molecular complexity index is 1390. The van der Waals surface area contributed by atoms with Crippen LogP contribution >= 0.6 is 0 Å². The number of rotatable bonds is 2. The van der Waals surface area contributed by atoms with Crippen molar-refractivity contribution in [3.8, 4) is 0 Å². The quantitative estimate of drug-likeness (QED) is 0.506. The highest BCUT2D eigenvalue weighted by Gasteiger charge is 2.71. The third kappa shape index (κ3) is 2.50. The summed E-state index contributed by atoms with van der Waals surface area (Å²) in [5.74, 6) is -1.73. The minimum atomic E-state index is -1.49. The molecule has 0 bridgehead atoms. The second-order valence-electron chi connectivity index (χ2n) is 9.43. The molecule has 3 aliphatic rings. The second kappa shape index (κ2) is 7.07. The first kappa shape index (κ1) is 20.7. The molecule has 1 saturated heterocycles. The molecule has 34 heavy (non-hydrogen) atoms. The fraction of sp³-hybridized carbons (Fsp3) is 0.207. The summed E-state index contributed by atoms with van der Waals surface area (Å²) < 4.78 is 14.0. The summed E-state index contributed by atoms with van der Waals surface area (Å²) in [4.78, 5) is 43.6. The van der Waals surface area contributed by atoms with Crippen LogP contribution in [0.15, 0.2) is 72.8 Å². The maximum absolute atomic E-state index is 14.2. The highest BCUT2D eigenvalue weighted by Crippen LogP contribution is 2.60. The topological polar surface area (TPSA) is 54.5 Å². The van der Waals surface area contributed by atoms with Gasteiger partial charge in [0.1, 0.15) is 11.2 Å². The Morgan fingerprint density at radius 1 is 0.941 bits per heavy atom. The zero-order chi connectivity index (χ0) is 23.8. The molecule has 0 N–H and O–H groups in total. The molecule has 4 nitrogen and oxygen atoms in total. The number of hydrogen-bond donors (Lipinski definition) is 0. The first-order valence-corrected chi connectivity index (χ1v) is 11.4. The summed E-state index contributed by atoms with van der Waals surface area (Å²) in [6.45, 7) is 3.47. The zero-order valence-corrected chi connectivity index (χ0v) is 18.8. The molecule has 0 amide bonds. The number of ketones is 3. The molecule has 0 saturated carbocycles. The van der Waals surface area contributed by atoms with E-state index in [9.17, 15) is 18.8 Å². The highest BCUT2D eigenvalue weighted by molar-refractivity contribution is 6.32. The van der Waals surface area contributed by atoms with E-state index >= 15 is 0 Å². The number of benzene rings is 3. The Morgan fingerprint density at radius 3 is 2.21 bits per heavy atom. The molecule has 3 aromatic rings. The normalized spacial score (nSPS) is 23.7. The van der Waals surface area contributed by atoms with E-state index in [-0.39, 0.29) is 23.2 Å². The van der Waals surface area contributed by atoms with Gasteiger partial charge in [-0.15, -0.1) is 0 Å². The standard InChI is InChI=1S/C29H22FNO3/c1-16-7-9-18(10-8-16)25-26(17(2)32)31-23-13-12-20(30)15-19(23)11-14-24(31)29(25)27(33)21-5-3-4-6-22(21)28(29)34/h3-15,24-26H,1-2H3/t24-,25+,26-/m1/s1. The molecule has 3 aromatic carbocycles. The Kier molecular flexibility index (Phi) is 4.31. The molecule has 0 unspecified atom stereocenters. The van der Waals surface area contributed by atoms with Crippen molar-refractivity contribution in [2.45, 2.75) is 31.8 Å². The van der Waals surface area contributed by atoms with Crippen LogP contribution in [-0.2, 0) is 4.79 Å². The molecule has 2 aliphatic heterocycles. The van der Waals surface area contributed by atoms with Crippen LogP contribution in [-0.4, -0.2) is 29.4 Å². The number of aryl methyl sites for hydroxylation is 1. The van der Waals surface area contributed by atoms with Gasteiger partial charge in [0.25, 0.3) is 0 Å². The van der Waals surface area contributed by atoms with E-state index in [1.54, 1.807) is 42.5 Å². The fourth-order valence-electron chi connectivity index (χ4n) is 6.25. The van der Waals surface area contributed by atoms with Crippen molar-refractivity contribution in [3.63, 3.8) is 0 Å². The maximum atomic E-state index is 14.2. The predicted molar refractivity (Wildman–Crippen MR) is 128 cm³/mol. The van der Waals surface area contributed by atoms with Crippen molar-refractivity contribution < 1.29 is 18.8 Å². The lowest BCUT2D eigenvalue weighted by Gasteiger charge is -2.37. The monoisotopic (exact) mass is 451 g/mol. The van der Waals surface area contributed by atoms with Crippen molar-refractivity contribution in [3.05, 3.63) is 106 Å². The van der Waals surface area contributed by atoms with E-state index in [4.69, 9.17) is 0 Å². The number of halogens is 1. The predicted octanol–water partition coefficient (Wildman–Crippen LogP) is 5.16. The highest BCUT2D eigenvalue weighted by atomic mass is 19.1. The van der Waals surface area contributed by atoms with E-state index in [1.807, 2.05) is 36.1 Å². The van der Waals surface area contributed by atoms with Crippen LogP contribution in [0.4, 0.5) is 10.1 Å². The fourth-order valence-corrected chi connectivity index (χ4v) is 6.25. The SMILES string of the molecule is CC(=O)[C@@H]1[C@H](c2ccc(C)cc2)C2(C(=O)c3ccccc3C2=O)[C@H]2C=Cc3cc(F)ccc3N12. The molecule has 6 rings (SSSR count). The van der Waals surface area contributed by atoms with Crippen LogP contribution in [0.1, 0.15) is 50.2 Å². The van der Waals surface area contributed by atoms with Gasteiger partial charge < -0.3 is 4.90 Å². The van der Waals surface area contributed by atoms with Crippen LogP contribution in [0.5, 0.6) is 0 Å². The Hall–Kier alpha value is -3.86. The Morgan fingerprint density at radius 2 is 1.59 bits per heavy atom. The van der Waals surface area contributed by atoms with E-state index in [2.05, 4.69) is 0 Å². The molecule has 3 atom stereocenters. The second-order valence-corrected chi connectivity index (χ2v) is 9.43. The first-order chi connectivity index (χ1) is 16.4. The molecule has 1 spiro atoms. The summed E-state index contributed by atoms with van der Waals surface area (Å²) in [6.07, 6.45) is 3.56. The minimum absolute atomic E-state index is 0.144. The van der Waals surface area contributed by atoms with E-state index in [1.165, 1.54) is 19.1 Å². The summed E-state index contributed by atoms with van der Waals surface area (Å²) in [7, 11) is 0. The van der Waals surface area contributed by atoms with Crippen LogP contribution in [0.2, 0.25) is 0 Å². The van der Waals surface area contributed by atoms with Gasteiger partial charge in [-0.2, -0.15) is 0 Å². The van der Waals surface area contributed by atoms with Crippen LogP contribution in [0.3, 0.4) is 0 Å². The summed E-state index contributed by atoms with van der Waals surface area (Å²) in [5.41, 5.74) is 2.39. The third-order valence-corrected chi connectivity index (χ3v) is 7.62. The number of carbonyl (C=O) groups is 3. The van der Waals surface area contributed by atoms with Gasteiger partial charge in [-0.1, -0.05) is 66.2 Å². The van der Waals surface area contributed by atoms with Gasteiger partial charge in [0.2, 0.25) is 0 Å². The van der Waals surface area contributed by atoms with Crippen molar-refractivity contribution in [1.29, 1.82) is 0 Å². The van der Waals surface area contributed by atoms with Gasteiger partial charge in [-0.25, -0.2) is 4.39 Å². The van der Waals surface area contributed by atoms with Crippen LogP contribution < -0.4 is 4.90 Å². The van der Waals surface area contributed by atoms with Crippen molar-refractivity contribution >= 4 is 29.1 Å². The first-order valence-electron chi connectivity index (χ1n) is 11.4. The van der Waals surface area contributed by atoms with Gasteiger partial charge in [0.05, 0.1) is 12.1 Å². The van der Waals surface area contributed by atoms with Crippen molar-refractivity contribution in [1.82, 2.24) is 0 Å². The number of carbonyl (C=O) groups excluding carboxylic acids is 3.